The van der Waals surface area contributed by atoms with Crippen molar-refractivity contribution < 1.29 is 9.59 Å². The summed E-state index contributed by atoms with van der Waals surface area (Å²) in [5.74, 6) is 0.565. The van der Waals surface area contributed by atoms with Gasteiger partial charge in [0.1, 0.15) is 6.04 Å². The molecule has 2 aromatic carbocycles. The number of nitrogens with one attached hydrogen (secondary N) is 1. The van der Waals surface area contributed by atoms with Crippen molar-refractivity contribution >= 4 is 23.6 Å². The van der Waals surface area contributed by atoms with Crippen LogP contribution in [0.1, 0.15) is 43.9 Å². The van der Waals surface area contributed by atoms with Crippen LogP contribution in [0.3, 0.4) is 0 Å². The Hall–Kier alpha value is -2.27. The zero-order valence-electron chi connectivity index (χ0n) is 18.1. The SMILES string of the molecule is Cc1ccc(SCCC(=O)N(Cc2cccc(C)c2)[C@H](C)C(=O)NC(C)C)cc1. The highest BCUT2D eigenvalue weighted by Gasteiger charge is 2.26. The Balaban J connectivity index is 2.06. The lowest BCUT2D eigenvalue weighted by Gasteiger charge is -2.29. The van der Waals surface area contributed by atoms with E-state index >= 15 is 0 Å². The van der Waals surface area contributed by atoms with E-state index in [2.05, 4.69) is 42.6 Å². The monoisotopic (exact) mass is 412 g/mol. The second kappa shape index (κ2) is 11.1. The summed E-state index contributed by atoms with van der Waals surface area (Å²) in [6, 6.07) is 15.9. The van der Waals surface area contributed by atoms with E-state index in [1.165, 1.54) is 5.56 Å². The molecule has 29 heavy (non-hydrogen) atoms. The van der Waals surface area contributed by atoms with Crippen molar-refractivity contribution in [2.24, 2.45) is 0 Å². The molecule has 5 heteroatoms. The molecule has 0 radical (unpaired) electrons. The first-order valence-electron chi connectivity index (χ1n) is 10.1. The smallest absolute Gasteiger partial charge is 0.242 e. The summed E-state index contributed by atoms with van der Waals surface area (Å²) in [5, 5.41) is 2.92. The Kier molecular flexibility index (Phi) is 8.77. The number of rotatable bonds is 9. The number of hydrogen-bond acceptors (Lipinski definition) is 3. The average molecular weight is 413 g/mol. The van der Waals surface area contributed by atoms with E-state index in [1.807, 2.05) is 39.0 Å². The molecule has 0 aliphatic rings. The van der Waals surface area contributed by atoms with E-state index in [9.17, 15) is 9.59 Å². The Bertz CT molecular complexity index is 818. The molecule has 0 heterocycles. The fourth-order valence-electron chi connectivity index (χ4n) is 3.03. The van der Waals surface area contributed by atoms with Gasteiger partial charge in [-0.2, -0.15) is 0 Å². The topological polar surface area (TPSA) is 49.4 Å². The van der Waals surface area contributed by atoms with Gasteiger partial charge in [-0.1, -0.05) is 47.5 Å². The maximum absolute atomic E-state index is 13.0. The van der Waals surface area contributed by atoms with Gasteiger partial charge in [0.2, 0.25) is 11.8 Å². The molecule has 0 unspecified atom stereocenters. The van der Waals surface area contributed by atoms with Crippen LogP contribution in [0.15, 0.2) is 53.4 Å². The summed E-state index contributed by atoms with van der Waals surface area (Å²) >= 11 is 1.67. The number of thioether (sulfide) groups is 1. The molecule has 4 nitrogen and oxygen atoms in total. The van der Waals surface area contributed by atoms with Gasteiger partial charge in [0.05, 0.1) is 0 Å². The first-order valence-corrected chi connectivity index (χ1v) is 11.1. The number of nitrogens with zero attached hydrogens (tertiary/aromatic N) is 1. The van der Waals surface area contributed by atoms with Crippen LogP contribution < -0.4 is 5.32 Å². The highest BCUT2D eigenvalue weighted by atomic mass is 32.2. The second-order valence-corrected chi connectivity index (χ2v) is 8.93. The molecule has 2 aromatic rings. The molecule has 1 atom stereocenters. The van der Waals surface area contributed by atoms with Crippen molar-refractivity contribution in [3.05, 3.63) is 65.2 Å². The van der Waals surface area contributed by atoms with Crippen LogP contribution in [0, 0.1) is 13.8 Å². The number of carbonyl (C=O) groups is 2. The minimum absolute atomic E-state index is 0.00229. The Morgan fingerprint density at radius 1 is 1.00 bits per heavy atom. The van der Waals surface area contributed by atoms with Gasteiger partial charge in [0.25, 0.3) is 0 Å². The van der Waals surface area contributed by atoms with Crippen LogP contribution in [0.2, 0.25) is 0 Å². The highest BCUT2D eigenvalue weighted by Crippen LogP contribution is 2.20. The molecule has 156 valence electrons. The summed E-state index contributed by atoms with van der Waals surface area (Å²) in [4.78, 5) is 28.5. The third-order valence-electron chi connectivity index (χ3n) is 4.64. The molecule has 0 spiro atoms. The number of hydrogen-bond donors (Lipinski definition) is 1. The molecule has 0 saturated carbocycles. The van der Waals surface area contributed by atoms with Gasteiger partial charge in [-0.05, 0) is 52.3 Å². The first-order chi connectivity index (χ1) is 13.8. The van der Waals surface area contributed by atoms with E-state index in [4.69, 9.17) is 0 Å². The van der Waals surface area contributed by atoms with Crippen molar-refractivity contribution in [2.45, 2.75) is 64.6 Å². The van der Waals surface area contributed by atoms with Gasteiger partial charge in [-0.25, -0.2) is 0 Å². The minimum atomic E-state index is -0.519. The third kappa shape index (κ3) is 7.58. The van der Waals surface area contributed by atoms with Crippen LogP contribution in [-0.4, -0.2) is 34.6 Å². The van der Waals surface area contributed by atoms with Crippen LogP contribution >= 0.6 is 11.8 Å². The second-order valence-electron chi connectivity index (χ2n) is 7.76. The maximum atomic E-state index is 13.0. The standard InChI is InChI=1S/C24H32N2O2S/c1-17(2)25-24(28)20(5)26(16-21-8-6-7-19(4)15-21)23(27)13-14-29-22-11-9-18(3)10-12-22/h6-12,15,17,20H,13-14,16H2,1-5H3,(H,25,28)/t20-/m1/s1. The molecule has 2 rings (SSSR count). The van der Waals surface area contributed by atoms with Crippen LogP contribution in [0.4, 0.5) is 0 Å². The number of carbonyl (C=O) groups excluding carboxylic acids is 2. The third-order valence-corrected chi connectivity index (χ3v) is 5.65. The largest absolute Gasteiger partial charge is 0.352 e. The lowest BCUT2D eigenvalue weighted by atomic mass is 10.1. The quantitative estimate of drug-likeness (QED) is 0.606. The van der Waals surface area contributed by atoms with Gasteiger partial charge >= 0.3 is 0 Å². The normalized spacial score (nSPS) is 11.9. The maximum Gasteiger partial charge on any atom is 0.242 e. The first kappa shape index (κ1) is 23.0. The molecule has 0 aliphatic carbocycles. The van der Waals surface area contributed by atoms with Crippen molar-refractivity contribution in [3.8, 4) is 0 Å². The minimum Gasteiger partial charge on any atom is -0.352 e. The summed E-state index contributed by atoms with van der Waals surface area (Å²) in [6.07, 6.45) is 0.393. The molecule has 0 aliphatic heterocycles. The lowest BCUT2D eigenvalue weighted by molar-refractivity contribution is -0.140. The molecule has 0 bridgehead atoms. The van der Waals surface area contributed by atoms with Gasteiger partial charge < -0.3 is 10.2 Å². The Morgan fingerprint density at radius 2 is 1.69 bits per heavy atom. The number of benzene rings is 2. The fourth-order valence-corrected chi connectivity index (χ4v) is 3.87. The van der Waals surface area contributed by atoms with Gasteiger partial charge in [0.15, 0.2) is 0 Å². The number of aryl methyl sites for hydroxylation is 2. The van der Waals surface area contributed by atoms with Gasteiger partial charge in [-0.15, -0.1) is 11.8 Å². The zero-order chi connectivity index (χ0) is 21.4. The highest BCUT2D eigenvalue weighted by molar-refractivity contribution is 7.99. The Labute approximate surface area is 179 Å². The molecule has 0 fully saturated rings. The predicted molar refractivity (Wildman–Crippen MR) is 121 cm³/mol. The van der Waals surface area contributed by atoms with Gasteiger partial charge in [0, 0.05) is 29.7 Å². The van der Waals surface area contributed by atoms with Crippen LogP contribution in [0.5, 0.6) is 0 Å². The summed E-state index contributed by atoms with van der Waals surface area (Å²) < 4.78 is 0. The van der Waals surface area contributed by atoms with Crippen molar-refractivity contribution in [3.63, 3.8) is 0 Å². The molecule has 0 aromatic heterocycles. The lowest BCUT2D eigenvalue weighted by Crippen LogP contribution is -2.49. The molecule has 0 saturated heterocycles. The molecular weight excluding hydrogens is 380 g/mol. The molecule has 1 N–H and O–H groups in total. The predicted octanol–water partition coefficient (Wildman–Crippen LogP) is 4.73. The summed E-state index contributed by atoms with van der Waals surface area (Å²) in [5.41, 5.74) is 3.40. The molecular formula is C24H32N2O2S. The fraction of sp³-hybridized carbons (Fsp3) is 0.417. The average Bonchev–Trinajstić information content (AvgIpc) is 2.66. The van der Waals surface area contributed by atoms with Gasteiger partial charge in [-0.3, -0.25) is 9.59 Å². The van der Waals surface area contributed by atoms with Crippen molar-refractivity contribution in [1.82, 2.24) is 10.2 Å². The summed E-state index contributed by atoms with van der Waals surface area (Å²) in [7, 11) is 0. The van der Waals surface area contributed by atoms with E-state index in [-0.39, 0.29) is 17.9 Å². The molecule has 2 amide bonds. The number of amides is 2. The van der Waals surface area contributed by atoms with E-state index in [0.717, 1.165) is 16.0 Å². The van der Waals surface area contributed by atoms with E-state index in [1.54, 1.807) is 23.6 Å². The van der Waals surface area contributed by atoms with Crippen molar-refractivity contribution in [1.29, 1.82) is 0 Å². The Morgan fingerprint density at radius 3 is 2.31 bits per heavy atom. The van der Waals surface area contributed by atoms with Crippen molar-refractivity contribution in [2.75, 3.05) is 5.75 Å². The van der Waals surface area contributed by atoms with Crippen LogP contribution in [0.25, 0.3) is 0 Å². The van der Waals surface area contributed by atoms with E-state index < -0.39 is 6.04 Å². The summed E-state index contributed by atoms with van der Waals surface area (Å²) in [6.45, 7) is 10.2. The van der Waals surface area contributed by atoms with Crippen LogP contribution in [-0.2, 0) is 16.1 Å². The zero-order valence-corrected chi connectivity index (χ0v) is 18.9. The van der Waals surface area contributed by atoms with E-state index in [0.29, 0.717) is 18.7 Å².